The number of nitrogens with zero attached hydrogens (tertiary/aromatic N) is 1. The smallest absolute Gasteiger partial charge is 0.0876 e. The maximum absolute atomic E-state index is 6.65. The molecule has 18 heavy (non-hydrogen) atoms. The number of ether oxygens (including phenoxy) is 1. The minimum absolute atomic E-state index is 0.153. The largest absolute Gasteiger partial charge is 0.501 e. The molecule has 1 heterocycles. The highest BCUT2D eigenvalue weighted by Gasteiger charge is 2.44. The van der Waals surface area contributed by atoms with Gasteiger partial charge in [0.25, 0.3) is 0 Å². The van der Waals surface area contributed by atoms with Crippen LogP contribution in [0.1, 0.15) is 52.4 Å². The van der Waals surface area contributed by atoms with Crippen LogP contribution in [0.2, 0.25) is 0 Å². The van der Waals surface area contributed by atoms with Gasteiger partial charge in [0.05, 0.1) is 12.9 Å². The molecule has 104 valence electrons. The van der Waals surface area contributed by atoms with Crippen LogP contribution in [0.3, 0.4) is 0 Å². The molecule has 2 rings (SSSR count). The van der Waals surface area contributed by atoms with Crippen molar-refractivity contribution in [2.75, 3.05) is 19.7 Å². The first-order valence-corrected chi connectivity index (χ1v) is 7.55. The van der Waals surface area contributed by atoms with Crippen molar-refractivity contribution >= 4 is 0 Å². The summed E-state index contributed by atoms with van der Waals surface area (Å²) >= 11 is 0. The summed E-state index contributed by atoms with van der Waals surface area (Å²) < 4.78 is 5.49. The van der Waals surface area contributed by atoms with Crippen molar-refractivity contribution < 1.29 is 4.74 Å². The molecule has 0 amide bonds. The van der Waals surface area contributed by atoms with E-state index in [1.165, 1.54) is 31.3 Å². The summed E-state index contributed by atoms with van der Waals surface area (Å²) in [5.74, 6) is 0. The summed E-state index contributed by atoms with van der Waals surface area (Å²) in [5.41, 5.74) is 8.17. The third kappa shape index (κ3) is 2.43. The van der Waals surface area contributed by atoms with Gasteiger partial charge in [-0.05, 0) is 44.3 Å². The van der Waals surface area contributed by atoms with Crippen LogP contribution in [0.25, 0.3) is 0 Å². The van der Waals surface area contributed by atoms with Crippen molar-refractivity contribution in [2.45, 2.75) is 64.0 Å². The summed E-state index contributed by atoms with van der Waals surface area (Å²) in [5, 5.41) is 0. The number of hydrogen-bond donors (Lipinski definition) is 1. The predicted octanol–water partition coefficient (Wildman–Crippen LogP) is 2.66. The first-order chi connectivity index (χ1) is 8.74. The molecule has 1 saturated carbocycles. The fourth-order valence-corrected chi connectivity index (χ4v) is 3.82. The maximum atomic E-state index is 6.65. The second-order valence-electron chi connectivity index (χ2n) is 5.63. The fourth-order valence-electron chi connectivity index (χ4n) is 3.82. The summed E-state index contributed by atoms with van der Waals surface area (Å²) in [6, 6.07) is 0.153. The van der Waals surface area contributed by atoms with Crippen LogP contribution in [0, 0.1) is 0 Å². The van der Waals surface area contributed by atoms with Gasteiger partial charge in [-0.3, -0.25) is 4.90 Å². The van der Waals surface area contributed by atoms with Gasteiger partial charge in [0.2, 0.25) is 0 Å². The average molecular weight is 252 g/mol. The normalized spacial score (nSPS) is 24.8. The van der Waals surface area contributed by atoms with E-state index in [1.54, 1.807) is 0 Å². The monoisotopic (exact) mass is 252 g/mol. The average Bonchev–Trinajstić information content (AvgIpc) is 2.91. The molecule has 0 aromatic rings. The van der Waals surface area contributed by atoms with Crippen LogP contribution < -0.4 is 5.73 Å². The van der Waals surface area contributed by atoms with E-state index in [9.17, 15) is 0 Å². The van der Waals surface area contributed by atoms with E-state index in [0.717, 1.165) is 32.5 Å². The molecule has 2 N–H and O–H groups in total. The maximum Gasteiger partial charge on any atom is 0.0876 e. The van der Waals surface area contributed by atoms with E-state index in [4.69, 9.17) is 10.5 Å². The lowest BCUT2D eigenvalue weighted by Crippen LogP contribution is -2.59. The van der Waals surface area contributed by atoms with E-state index in [2.05, 4.69) is 18.7 Å². The highest BCUT2D eigenvalue weighted by atomic mass is 16.5. The molecular formula is C15H28N2O. The Labute approximate surface area is 111 Å². The van der Waals surface area contributed by atoms with Crippen molar-refractivity contribution in [1.82, 2.24) is 4.90 Å². The molecule has 2 aliphatic rings. The van der Waals surface area contributed by atoms with E-state index < -0.39 is 0 Å². The number of rotatable bonds is 5. The summed E-state index contributed by atoms with van der Waals surface area (Å²) in [4.78, 5) is 2.58. The van der Waals surface area contributed by atoms with Gasteiger partial charge in [-0.2, -0.15) is 0 Å². The molecular weight excluding hydrogens is 224 g/mol. The van der Waals surface area contributed by atoms with E-state index in [1.807, 2.05) is 6.26 Å². The topological polar surface area (TPSA) is 38.5 Å². The van der Waals surface area contributed by atoms with Gasteiger partial charge in [0, 0.05) is 11.6 Å². The molecule has 1 unspecified atom stereocenters. The molecule has 1 aliphatic heterocycles. The Kier molecular flexibility index (Phi) is 4.68. The van der Waals surface area contributed by atoms with Gasteiger partial charge in [-0.1, -0.05) is 26.7 Å². The van der Waals surface area contributed by atoms with Crippen molar-refractivity contribution in [2.24, 2.45) is 5.73 Å². The summed E-state index contributed by atoms with van der Waals surface area (Å²) in [7, 11) is 0. The van der Waals surface area contributed by atoms with Gasteiger partial charge >= 0.3 is 0 Å². The van der Waals surface area contributed by atoms with Crippen molar-refractivity contribution in [1.29, 1.82) is 0 Å². The first kappa shape index (κ1) is 13.9. The second kappa shape index (κ2) is 6.07. The molecule has 0 radical (unpaired) electrons. The number of likely N-dealkylation sites (N-methyl/N-ethyl adjacent to an activating group) is 1. The molecule has 1 fully saturated rings. The zero-order chi connectivity index (χ0) is 13.0. The van der Waals surface area contributed by atoms with Crippen LogP contribution in [0.5, 0.6) is 0 Å². The van der Waals surface area contributed by atoms with Gasteiger partial charge in [-0.15, -0.1) is 0 Å². The van der Waals surface area contributed by atoms with Crippen LogP contribution in [0.15, 0.2) is 11.8 Å². The Balaban J connectivity index is 2.20. The molecule has 0 spiro atoms. The van der Waals surface area contributed by atoms with E-state index in [0.29, 0.717) is 0 Å². The minimum Gasteiger partial charge on any atom is -0.501 e. The molecule has 0 aromatic heterocycles. The standard InChI is InChI=1S/C15H28N2O/c1-3-17(4-2)15(9-5-6-10-15)14(16)13-8-7-11-18-12-13/h12,14H,3-11,16H2,1-2H3. The lowest BCUT2D eigenvalue weighted by atomic mass is 9.81. The zero-order valence-electron chi connectivity index (χ0n) is 12.0. The predicted molar refractivity (Wildman–Crippen MR) is 75.4 cm³/mol. The Bertz CT molecular complexity index is 291. The fraction of sp³-hybridized carbons (Fsp3) is 0.867. The Morgan fingerprint density at radius 3 is 2.44 bits per heavy atom. The minimum atomic E-state index is 0.153. The molecule has 3 nitrogen and oxygen atoms in total. The van der Waals surface area contributed by atoms with Gasteiger partial charge in [0.1, 0.15) is 0 Å². The molecule has 1 aliphatic carbocycles. The lowest BCUT2D eigenvalue weighted by Gasteiger charge is -2.46. The molecule has 0 bridgehead atoms. The van der Waals surface area contributed by atoms with Crippen LogP contribution >= 0.6 is 0 Å². The van der Waals surface area contributed by atoms with Crippen LogP contribution in [-0.4, -0.2) is 36.2 Å². The van der Waals surface area contributed by atoms with Crippen LogP contribution in [0.4, 0.5) is 0 Å². The van der Waals surface area contributed by atoms with Gasteiger partial charge in [0.15, 0.2) is 0 Å². The SMILES string of the molecule is CCN(CC)C1(C(N)C2=COCCC2)CCCC1. The Morgan fingerprint density at radius 2 is 1.94 bits per heavy atom. The van der Waals surface area contributed by atoms with Crippen molar-refractivity contribution in [3.05, 3.63) is 11.8 Å². The molecule has 1 atom stereocenters. The molecule has 3 heteroatoms. The van der Waals surface area contributed by atoms with E-state index >= 15 is 0 Å². The van der Waals surface area contributed by atoms with Gasteiger partial charge < -0.3 is 10.5 Å². The first-order valence-electron chi connectivity index (χ1n) is 7.55. The second-order valence-corrected chi connectivity index (χ2v) is 5.63. The third-order valence-corrected chi connectivity index (χ3v) is 4.80. The third-order valence-electron chi connectivity index (χ3n) is 4.80. The lowest BCUT2D eigenvalue weighted by molar-refractivity contribution is 0.0829. The van der Waals surface area contributed by atoms with Crippen molar-refractivity contribution in [3.8, 4) is 0 Å². The van der Waals surface area contributed by atoms with Crippen LogP contribution in [-0.2, 0) is 4.74 Å². The Hall–Kier alpha value is -0.540. The molecule has 0 saturated heterocycles. The highest BCUT2D eigenvalue weighted by molar-refractivity contribution is 5.19. The highest BCUT2D eigenvalue weighted by Crippen LogP contribution is 2.40. The Morgan fingerprint density at radius 1 is 1.28 bits per heavy atom. The number of nitrogens with two attached hydrogens (primary N) is 1. The van der Waals surface area contributed by atoms with Crippen molar-refractivity contribution in [3.63, 3.8) is 0 Å². The quantitative estimate of drug-likeness (QED) is 0.817. The molecule has 0 aromatic carbocycles. The van der Waals surface area contributed by atoms with Gasteiger partial charge in [-0.25, -0.2) is 0 Å². The summed E-state index contributed by atoms with van der Waals surface area (Å²) in [6.45, 7) is 7.55. The van der Waals surface area contributed by atoms with E-state index in [-0.39, 0.29) is 11.6 Å². The summed E-state index contributed by atoms with van der Waals surface area (Å²) in [6.07, 6.45) is 9.30. The zero-order valence-corrected chi connectivity index (χ0v) is 12.0. The number of hydrogen-bond acceptors (Lipinski definition) is 3.